The molecule has 144 valence electrons. The highest BCUT2D eigenvalue weighted by molar-refractivity contribution is 14.1. The molecule has 4 N–H and O–H groups in total. The van der Waals surface area contributed by atoms with E-state index in [1.165, 1.54) is 0 Å². The minimum absolute atomic E-state index is 0.229. The minimum Gasteiger partial charge on any atom is -0.508 e. The maximum Gasteiger partial charge on any atom is 0.226 e. The molecule has 0 amide bonds. The fourth-order valence-corrected chi connectivity index (χ4v) is 3.10. The fraction of sp³-hybridized carbons (Fsp3) is 0.389. The largest absolute Gasteiger partial charge is 0.508 e. The highest BCUT2D eigenvalue weighted by Gasteiger charge is 2.16. The Balaban J connectivity index is 1.92. The third kappa shape index (κ3) is 4.78. The number of fused-ring (bicyclic) bond motifs is 1. The van der Waals surface area contributed by atoms with Gasteiger partial charge >= 0.3 is 0 Å². The topological polar surface area (TPSA) is 108 Å². The summed E-state index contributed by atoms with van der Waals surface area (Å²) in [6, 6.07) is 5.44. The molecule has 27 heavy (non-hydrogen) atoms. The number of aliphatic hydroxyl groups is 1. The minimum atomic E-state index is -0.885. The van der Waals surface area contributed by atoms with Crippen LogP contribution in [0.25, 0.3) is 11.2 Å². The summed E-state index contributed by atoms with van der Waals surface area (Å²) in [5.41, 5.74) is 1.26. The Morgan fingerprint density at radius 3 is 2.70 bits per heavy atom. The molecule has 0 radical (unpaired) electrons. The van der Waals surface area contributed by atoms with Crippen LogP contribution in [-0.4, -0.2) is 41.9 Å². The van der Waals surface area contributed by atoms with E-state index in [9.17, 15) is 10.2 Å². The van der Waals surface area contributed by atoms with Crippen molar-refractivity contribution in [1.29, 1.82) is 0 Å². The van der Waals surface area contributed by atoms with E-state index >= 15 is 0 Å². The zero-order valence-corrected chi connectivity index (χ0v) is 17.6. The van der Waals surface area contributed by atoms with Crippen LogP contribution in [0.3, 0.4) is 0 Å². The smallest absolute Gasteiger partial charge is 0.226 e. The quantitative estimate of drug-likeness (QED) is 0.384. The van der Waals surface area contributed by atoms with E-state index in [4.69, 9.17) is 0 Å². The Labute approximate surface area is 171 Å². The van der Waals surface area contributed by atoms with Crippen molar-refractivity contribution < 1.29 is 10.2 Å². The van der Waals surface area contributed by atoms with Crippen LogP contribution in [0.4, 0.5) is 11.8 Å². The van der Waals surface area contributed by atoms with Gasteiger partial charge in [0, 0.05) is 28.8 Å². The summed E-state index contributed by atoms with van der Waals surface area (Å²) in [6.07, 6.45) is 1.73. The van der Waals surface area contributed by atoms with Gasteiger partial charge in [0.1, 0.15) is 5.75 Å². The summed E-state index contributed by atoms with van der Waals surface area (Å²) >= 11 is 2.21. The average Bonchev–Trinajstić information content (AvgIpc) is 3.03. The number of nitrogens with one attached hydrogen (secondary N) is 2. The Morgan fingerprint density at radius 1 is 1.22 bits per heavy atom. The predicted octanol–water partition coefficient (Wildman–Crippen LogP) is 2.95. The van der Waals surface area contributed by atoms with E-state index in [1.54, 1.807) is 26.2 Å². The van der Waals surface area contributed by atoms with Crippen molar-refractivity contribution in [3.8, 4) is 5.75 Å². The Kier molecular flexibility index (Phi) is 5.70. The first kappa shape index (κ1) is 19.6. The van der Waals surface area contributed by atoms with Gasteiger partial charge in [-0.05, 0) is 61.6 Å². The molecule has 2 heterocycles. The molecule has 2 aromatic heterocycles. The molecular formula is C18H23IN6O2. The van der Waals surface area contributed by atoms with Gasteiger partial charge in [0.15, 0.2) is 17.0 Å². The van der Waals surface area contributed by atoms with Gasteiger partial charge in [-0.3, -0.25) is 0 Å². The van der Waals surface area contributed by atoms with Crippen molar-refractivity contribution in [2.75, 3.05) is 17.2 Å². The van der Waals surface area contributed by atoms with Crippen molar-refractivity contribution in [2.24, 2.45) is 0 Å². The van der Waals surface area contributed by atoms with Crippen molar-refractivity contribution in [2.45, 2.75) is 39.5 Å². The van der Waals surface area contributed by atoms with Gasteiger partial charge < -0.3 is 25.4 Å². The summed E-state index contributed by atoms with van der Waals surface area (Å²) in [4.78, 5) is 13.5. The Bertz CT molecular complexity index is 951. The molecule has 3 rings (SSSR count). The lowest BCUT2D eigenvalue weighted by Crippen LogP contribution is -2.30. The molecule has 0 saturated carbocycles. The Hall–Kier alpha value is -2.14. The molecule has 0 aliphatic rings. The number of aryl methyl sites for hydroxylation is 1. The average molecular weight is 482 g/mol. The zero-order valence-electron chi connectivity index (χ0n) is 15.5. The molecule has 0 unspecified atom stereocenters. The van der Waals surface area contributed by atoms with E-state index < -0.39 is 5.60 Å². The first-order valence-corrected chi connectivity index (χ1v) is 9.75. The second-order valence-electron chi connectivity index (χ2n) is 6.89. The number of nitrogens with zero attached hydrogens (tertiary/aromatic N) is 4. The predicted molar refractivity (Wildman–Crippen MR) is 114 cm³/mol. The van der Waals surface area contributed by atoms with Crippen LogP contribution in [0.5, 0.6) is 5.75 Å². The van der Waals surface area contributed by atoms with E-state index in [2.05, 4.69) is 48.2 Å². The molecule has 1 aromatic carbocycles. The van der Waals surface area contributed by atoms with E-state index in [1.807, 2.05) is 23.6 Å². The van der Waals surface area contributed by atoms with Gasteiger partial charge in [-0.1, -0.05) is 0 Å². The van der Waals surface area contributed by atoms with E-state index in [0.29, 0.717) is 36.0 Å². The van der Waals surface area contributed by atoms with Gasteiger partial charge in [-0.15, -0.1) is 0 Å². The lowest BCUT2D eigenvalue weighted by Gasteiger charge is -2.18. The number of aromatic nitrogens is 4. The highest BCUT2D eigenvalue weighted by atomic mass is 127. The van der Waals surface area contributed by atoms with Crippen molar-refractivity contribution >= 4 is 45.5 Å². The standard InChI is InChI=1S/C18H23IN6O2/c1-4-25-10-22-14-15(20-8-11-7-12(19)5-6-13(11)26)23-17(24-16(14)25)21-9-18(2,3)27/h5-7,10,26-27H,4,8-9H2,1-3H3,(H2,20,21,23,24). The van der Waals surface area contributed by atoms with E-state index in [-0.39, 0.29) is 5.75 Å². The summed E-state index contributed by atoms with van der Waals surface area (Å²) < 4.78 is 2.97. The van der Waals surface area contributed by atoms with Crippen molar-refractivity contribution in [3.63, 3.8) is 0 Å². The van der Waals surface area contributed by atoms with Crippen LogP contribution in [0, 0.1) is 3.57 Å². The third-order valence-corrected chi connectivity index (χ3v) is 4.64. The second kappa shape index (κ2) is 7.85. The fourth-order valence-electron chi connectivity index (χ4n) is 2.55. The monoisotopic (exact) mass is 482 g/mol. The number of hydrogen-bond acceptors (Lipinski definition) is 7. The number of benzene rings is 1. The van der Waals surface area contributed by atoms with Crippen LogP contribution >= 0.6 is 22.6 Å². The lowest BCUT2D eigenvalue weighted by atomic mass is 10.1. The summed E-state index contributed by atoms with van der Waals surface area (Å²) in [7, 11) is 0. The molecule has 0 bridgehead atoms. The van der Waals surface area contributed by atoms with Gasteiger partial charge in [-0.2, -0.15) is 9.97 Å². The van der Waals surface area contributed by atoms with E-state index in [0.717, 1.165) is 15.7 Å². The number of hydrogen-bond donors (Lipinski definition) is 4. The maximum absolute atomic E-state index is 10.1. The van der Waals surface area contributed by atoms with Crippen molar-refractivity contribution in [1.82, 2.24) is 19.5 Å². The Morgan fingerprint density at radius 2 is 2.00 bits per heavy atom. The normalized spacial score (nSPS) is 11.7. The number of phenolic OH excluding ortho intramolecular Hbond substituents is 1. The number of aromatic hydroxyl groups is 1. The van der Waals surface area contributed by atoms with Crippen LogP contribution < -0.4 is 10.6 Å². The van der Waals surface area contributed by atoms with Crippen LogP contribution in [0.15, 0.2) is 24.5 Å². The molecule has 3 aromatic rings. The molecule has 0 saturated heterocycles. The maximum atomic E-state index is 10.1. The molecule has 0 atom stereocenters. The number of rotatable bonds is 7. The summed E-state index contributed by atoms with van der Waals surface area (Å²) in [5, 5.41) is 26.3. The number of imidazole rings is 1. The van der Waals surface area contributed by atoms with Gasteiger partial charge in [0.05, 0.1) is 11.9 Å². The van der Waals surface area contributed by atoms with Crippen molar-refractivity contribution in [3.05, 3.63) is 33.7 Å². The second-order valence-corrected chi connectivity index (χ2v) is 8.14. The molecule has 0 spiro atoms. The first-order valence-electron chi connectivity index (χ1n) is 8.67. The first-order chi connectivity index (χ1) is 12.8. The highest BCUT2D eigenvalue weighted by Crippen LogP contribution is 2.24. The summed E-state index contributed by atoms with van der Waals surface area (Å²) in [5.74, 6) is 1.21. The molecule has 9 heteroatoms. The molecule has 8 nitrogen and oxygen atoms in total. The van der Waals surface area contributed by atoms with Gasteiger partial charge in [-0.25, -0.2) is 4.98 Å². The van der Waals surface area contributed by atoms with Crippen LogP contribution in [0.1, 0.15) is 26.3 Å². The summed E-state index contributed by atoms with van der Waals surface area (Å²) in [6.45, 7) is 6.90. The molecular weight excluding hydrogens is 459 g/mol. The lowest BCUT2D eigenvalue weighted by molar-refractivity contribution is 0.0943. The van der Waals surface area contributed by atoms with Crippen LogP contribution in [0.2, 0.25) is 0 Å². The van der Waals surface area contributed by atoms with Crippen LogP contribution in [-0.2, 0) is 13.1 Å². The third-order valence-electron chi connectivity index (χ3n) is 3.97. The SMILES string of the molecule is CCn1cnc2c(NCc3cc(I)ccc3O)nc(NCC(C)(C)O)nc21. The number of halogens is 1. The molecule has 0 fully saturated rings. The number of phenols is 1. The van der Waals surface area contributed by atoms with Gasteiger partial charge in [0.25, 0.3) is 0 Å². The molecule has 0 aliphatic heterocycles. The van der Waals surface area contributed by atoms with Gasteiger partial charge in [0.2, 0.25) is 5.95 Å². The zero-order chi connectivity index (χ0) is 19.6. The number of anilines is 2. The molecule has 0 aliphatic carbocycles.